The quantitative estimate of drug-likeness (QED) is 0.347. The van der Waals surface area contributed by atoms with Crippen molar-refractivity contribution in [2.75, 3.05) is 25.1 Å². The van der Waals surface area contributed by atoms with E-state index in [0.29, 0.717) is 30.2 Å². The van der Waals surface area contributed by atoms with Gasteiger partial charge in [-0.2, -0.15) is 5.10 Å². The van der Waals surface area contributed by atoms with Gasteiger partial charge >= 0.3 is 5.97 Å². The van der Waals surface area contributed by atoms with E-state index in [1.807, 2.05) is 0 Å². The largest absolute Gasteiger partial charge is 0.480 e. The number of anilines is 1. The number of carboxylic acid groups (broad SMARTS) is 1. The first-order valence-electron chi connectivity index (χ1n) is 11.5. The number of pyridine rings is 1. The van der Waals surface area contributed by atoms with Gasteiger partial charge in [0.25, 0.3) is 0 Å². The molecule has 178 valence electrons. The SMILES string of the molecule is O=C(O)C(CCOCCCCc1ccc2c(n1)NCCC2)NC(=O)C1(c2cn[nH]c2Cl)CC1. The van der Waals surface area contributed by atoms with Crippen LogP contribution in [0, 0.1) is 0 Å². The summed E-state index contributed by atoms with van der Waals surface area (Å²) in [6.07, 6.45) is 7.89. The summed E-state index contributed by atoms with van der Waals surface area (Å²) in [5.41, 5.74) is 2.20. The topological polar surface area (TPSA) is 129 Å². The van der Waals surface area contributed by atoms with Gasteiger partial charge in [-0.15, -0.1) is 0 Å². The van der Waals surface area contributed by atoms with Gasteiger partial charge in [-0.25, -0.2) is 9.78 Å². The van der Waals surface area contributed by atoms with E-state index in [0.717, 1.165) is 50.2 Å². The lowest BCUT2D eigenvalue weighted by Gasteiger charge is -2.19. The predicted molar refractivity (Wildman–Crippen MR) is 123 cm³/mol. The van der Waals surface area contributed by atoms with E-state index < -0.39 is 17.4 Å². The molecule has 0 aromatic carbocycles. The number of amides is 1. The Labute approximate surface area is 197 Å². The number of H-pyrrole nitrogens is 1. The maximum Gasteiger partial charge on any atom is 0.326 e. The number of rotatable bonds is 12. The second-order valence-corrected chi connectivity index (χ2v) is 9.12. The van der Waals surface area contributed by atoms with Crippen LogP contribution in [0.1, 0.15) is 55.3 Å². The number of aromatic nitrogens is 3. The van der Waals surface area contributed by atoms with E-state index in [4.69, 9.17) is 21.3 Å². The standard InChI is InChI=1S/C23H30ClN5O4/c24-19-17(14-26-29-19)23(9-10-23)22(32)28-18(21(30)31)8-13-33-12-2-1-5-16-7-6-15-4-3-11-25-20(15)27-16/h6-7,14,18H,1-5,8-13H2,(H,25,27)(H,26,29)(H,28,32)(H,30,31). The van der Waals surface area contributed by atoms with Gasteiger partial charge in [0.1, 0.15) is 17.0 Å². The summed E-state index contributed by atoms with van der Waals surface area (Å²) in [7, 11) is 0. The number of aromatic amines is 1. The minimum Gasteiger partial charge on any atom is -0.480 e. The number of fused-ring (bicyclic) bond motifs is 1. The van der Waals surface area contributed by atoms with Gasteiger partial charge < -0.3 is 20.5 Å². The number of nitrogens with one attached hydrogen (secondary N) is 3. The molecule has 0 spiro atoms. The number of carbonyl (C=O) groups is 2. The van der Waals surface area contributed by atoms with Crippen molar-refractivity contribution in [3.63, 3.8) is 0 Å². The number of carboxylic acids is 1. The van der Waals surface area contributed by atoms with Gasteiger partial charge in [0, 0.05) is 37.4 Å². The highest BCUT2D eigenvalue weighted by atomic mass is 35.5. The van der Waals surface area contributed by atoms with Crippen LogP contribution in [-0.2, 0) is 32.6 Å². The zero-order valence-corrected chi connectivity index (χ0v) is 19.3. The number of unbranched alkanes of at least 4 members (excludes halogenated alkanes) is 1. The average Bonchev–Trinajstić information content (AvgIpc) is 3.51. The Hall–Kier alpha value is -2.65. The predicted octanol–water partition coefficient (Wildman–Crippen LogP) is 2.85. The van der Waals surface area contributed by atoms with E-state index in [9.17, 15) is 14.7 Å². The van der Waals surface area contributed by atoms with E-state index >= 15 is 0 Å². The zero-order valence-electron chi connectivity index (χ0n) is 18.5. The molecular formula is C23H30ClN5O4. The van der Waals surface area contributed by atoms with Gasteiger partial charge in [-0.05, 0) is 56.6 Å². The normalized spacial score (nSPS) is 17.0. The Morgan fingerprint density at radius 2 is 2.12 bits per heavy atom. The van der Waals surface area contributed by atoms with Gasteiger partial charge in [-0.3, -0.25) is 9.89 Å². The molecule has 1 atom stereocenters. The van der Waals surface area contributed by atoms with Crippen LogP contribution >= 0.6 is 11.6 Å². The average molecular weight is 476 g/mol. The summed E-state index contributed by atoms with van der Waals surface area (Å²) < 4.78 is 5.63. The molecule has 1 fully saturated rings. The molecule has 4 rings (SSSR count). The van der Waals surface area contributed by atoms with Crippen molar-refractivity contribution in [2.24, 2.45) is 0 Å². The summed E-state index contributed by atoms with van der Waals surface area (Å²) in [6.45, 7) is 1.78. The van der Waals surface area contributed by atoms with Crippen LogP contribution in [-0.4, -0.2) is 58.0 Å². The molecule has 0 radical (unpaired) electrons. The number of aliphatic carboxylic acids is 1. The number of nitrogens with zero attached hydrogens (tertiary/aromatic N) is 2. The number of carbonyl (C=O) groups excluding carboxylic acids is 1. The minimum absolute atomic E-state index is 0.203. The monoisotopic (exact) mass is 475 g/mol. The molecule has 2 aromatic heterocycles. The van der Waals surface area contributed by atoms with Gasteiger partial charge in [-0.1, -0.05) is 17.7 Å². The summed E-state index contributed by atoms with van der Waals surface area (Å²) in [6, 6.07) is 3.25. The van der Waals surface area contributed by atoms with E-state index in [1.54, 1.807) is 0 Å². The van der Waals surface area contributed by atoms with Crippen molar-refractivity contribution in [3.05, 3.63) is 40.3 Å². The van der Waals surface area contributed by atoms with Crippen molar-refractivity contribution in [1.29, 1.82) is 0 Å². The first-order chi connectivity index (χ1) is 16.0. The number of hydrogen-bond acceptors (Lipinski definition) is 6. The lowest BCUT2D eigenvalue weighted by Crippen LogP contribution is -2.46. The van der Waals surface area contributed by atoms with Crippen LogP contribution in [0.15, 0.2) is 18.3 Å². The van der Waals surface area contributed by atoms with E-state index in [-0.39, 0.29) is 18.9 Å². The lowest BCUT2D eigenvalue weighted by atomic mass is 9.97. The fraction of sp³-hybridized carbons (Fsp3) is 0.565. The van der Waals surface area contributed by atoms with Crippen molar-refractivity contribution >= 4 is 29.3 Å². The van der Waals surface area contributed by atoms with Gasteiger partial charge in [0.05, 0.1) is 11.6 Å². The molecule has 9 nitrogen and oxygen atoms in total. The maximum atomic E-state index is 12.8. The molecule has 4 N–H and O–H groups in total. The fourth-order valence-corrected chi connectivity index (χ4v) is 4.50. The number of ether oxygens (including phenoxy) is 1. The summed E-state index contributed by atoms with van der Waals surface area (Å²) in [4.78, 5) is 29.1. The fourth-order valence-electron chi connectivity index (χ4n) is 4.22. The molecule has 1 saturated carbocycles. The summed E-state index contributed by atoms with van der Waals surface area (Å²) >= 11 is 6.08. The molecule has 2 aliphatic rings. The Kier molecular flexibility index (Phi) is 7.49. The van der Waals surface area contributed by atoms with Crippen LogP contribution in [0.2, 0.25) is 5.15 Å². The highest BCUT2D eigenvalue weighted by molar-refractivity contribution is 6.30. The van der Waals surface area contributed by atoms with Crippen molar-refractivity contribution in [3.8, 4) is 0 Å². The third kappa shape index (κ3) is 5.65. The Balaban J connectivity index is 1.15. The molecular weight excluding hydrogens is 446 g/mol. The van der Waals surface area contributed by atoms with E-state index in [1.165, 1.54) is 11.8 Å². The Morgan fingerprint density at radius 1 is 1.27 bits per heavy atom. The zero-order chi connectivity index (χ0) is 23.3. The highest BCUT2D eigenvalue weighted by Gasteiger charge is 2.53. The Bertz CT molecular complexity index is 991. The number of halogens is 1. The number of aryl methyl sites for hydroxylation is 2. The summed E-state index contributed by atoms with van der Waals surface area (Å²) in [5.74, 6) is -0.391. The number of hydrogen-bond donors (Lipinski definition) is 4. The molecule has 0 bridgehead atoms. The molecule has 1 aliphatic heterocycles. The Morgan fingerprint density at radius 3 is 2.85 bits per heavy atom. The molecule has 2 aromatic rings. The molecule has 10 heteroatoms. The van der Waals surface area contributed by atoms with Crippen molar-refractivity contribution in [1.82, 2.24) is 20.5 Å². The first kappa shape index (κ1) is 23.5. The smallest absolute Gasteiger partial charge is 0.326 e. The van der Waals surface area contributed by atoms with Crippen LogP contribution in [0.4, 0.5) is 5.82 Å². The molecule has 0 saturated heterocycles. The minimum atomic E-state index is -1.08. The lowest BCUT2D eigenvalue weighted by molar-refractivity contribution is -0.142. The molecule has 1 amide bonds. The second-order valence-electron chi connectivity index (χ2n) is 8.74. The second kappa shape index (κ2) is 10.5. The third-order valence-corrected chi connectivity index (χ3v) is 6.66. The molecule has 3 heterocycles. The van der Waals surface area contributed by atoms with Crippen molar-refractivity contribution in [2.45, 2.75) is 62.8 Å². The molecule has 1 unspecified atom stereocenters. The third-order valence-electron chi connectivity index (χ3n) is 6.37. The van der Waals surface area contributed by atoms with Crippen LogP contribution in [0.25, 0.3) is 0 Å². The van der Waals surface area contributed by atoms with Crippen LogP contribution < -0.4 is 10.6 Å². The molecule has 1 aliphatic carbocycles. The van der Waals surface area contributed by atoms with Crippen LogP contribution in [0.5, 0.6) is 0 Å². The van der Waals surface area contributed by atoms with Crippen molar-refractivity contribution < 1.29 is 19.4 Å². The highest BCUT2D eigenvalue weighted by Crippen LogP contribution is 2.50. The summed E-state index contributed by atoms with van der Waals surface area (Å²) in [5, 5.41) is 22.3. The first-order valence-corrected chi connectivity index (χ1v) is 11.9. The van der Waals surface area contributed by atoms with Crippen LogP contribution in [0.3, 0.4) is 0 Å². The van der Waals surface area contributed by atoms with Gasteiger partial charge in [0.15, 0.2) is 0 Å². The van der Waals surface area contributed by atoms with Gasteiger partial charge in [0.2, 0.25) is 5.91 Å². The van der Waals surface area contributed by atoms with E-state index in [2.05, 4.69) is 33.0 Å². The maximum absolute atomic E-state index is 12.8. The molecule has 33 heavy (non-hydrogen) atoms.